The number of hydrogen-bond donors (Lipinski definition) is 2. The summed E-state index contributed by atoms with van der Waals surface area (Å²) >= 11 is 0. The van der Waals surface area contributed by atoms with Gasteiger partial charge in [-0.1, -0.05) is 76.9 Å². The number of alkyl carbamates (subject to hydrolysis) is 1. The van der Waals surface area contributed by atoms with E-state index in [0.29, 0.717) is 6.42 Å². The number of allylic oxidation sites excluding steroid dienone is 2. The maximum absolute atomic E-state index is 12.7. The molecule has 0 spiro atoms. The fourth-order valence-corrected chi connectivity index (χ4v) is 2.66. The molecule has 2 amide bonds. The van der Waals surface area contributed by atoms with Gasteiger partial charge in [-0.3, -0.25) is 4.79 Å². The Kier molecular flexibility index (Phi) is 10.9. The molecule has 0 bridgehead atoms. The molecule has 1 rings (SSSR count). The predicted molar refractivity (Wildman–Crippen MR) is 109 cm³/mol. The minimum Gasteiger partial charge on any atom is -0.445 e. The topological polar surface area (TPSA) is 67.4 Å². The van der Waals surface area contributed by atoms with Crippen molar-refractivity contribution in [1.82, 2.24) is 10.6 Å². The Morgan fingerprint density at radius 2 is 1.81 bits per heavy atom. The molecule has 0 radical (unpaired) electrons. The Hall–Kier alpha value is -2.30. The lowest BCUT2D eigenvalue weighted by Gasteiger charge is -2.21. The number of ether oxygens (including phenoxy) is 1. The average molecular weight is 375 g/mol. The van der Waals surface area contributed by atoms with E-state index in [9.17, 15) is 9.59 Å². The number of carbonyl (C=O) groups excluding carboxylic acids is 2. The molecular formula is C22H34N2O3. The van der Waals surface area contributed by atoms with E-state index in [2.05, 4.69) is 30.6 Å². The molecule has 0 saturated heterocycles. The van der Waals surface area contributed by atoms with Crippen LogP contribution in [0.1, 0.15) is 65.4 Å². The summed E-state index contributed by atoms with van der Waals surface area (Å²) in [5.74, 6) is 0.0839. The highest BCUT2D eigenvalue weighted by molar-refractivity contribution is 5.86. The van der Waals surface area contributed by atoms with E-state index in [4.69, 9.17) is 4.74 Å². The van der Waals surface area contributed by atoms with Crippen molar-refractivity contribution in [2.45, 2.75) is 72.4 Å². The molecule has 1 aromatic rings. The van der Waals surface area contributed by atoms with Crippen molar-refractivity contribution in [2.24, 2.45) is 5.92 Å². The van der Waals surface area contributed by atoms with Crippen LogP contribution in [0.3, 0.4) is 0 Å². The number of unbranched alkanes of at least 4 members (excludes halogenated alkanes) is 1. The highest BCUT2D eigenvalue weighted by Gasteiger charge is 2.23. The van der Waals surface area contributed by atoms with E-state index in [1.165, 1.54) is 0 Å². The third-order valence-corrected chi connectivity index (χ3v) is 4.01. The van der Waals surface area contributed by atoms with Gasteiger partial charge in [0.15, 0.2) is 0 Å². The van der Waals surface area contributed by atoms with Gasteiger partial charge in [0.1, 0.15) is 12.6 Å². The van der Waals surface area contributed by atoms with Gasteiger partial charge in [0.2, 0.25) is 5.91 Å². The summed E-state index contributed by atoms with van der Waals surface area (Å²) in [7, 11) is 0. The molecule has 0 aliphatic rings. The van der Waals surface area contributed by atoms with Crippen molar-refractivity contribution < 1.29 is 14.3 Å². The Morgan fingerprint density at radius 3 is 2.41 bits per heavy atom. The number of rotatable bonds is 11. The number of amides is 2. The van der Waals surface area contributed by atoms with Gasteiger partial charge < -0.3 is 15.4 Å². The lowest BCUT2D eigenvalue weighted by Crippen LogP contribution is -2.47. The van der Waals surface area contributed by atoms with Crippen LogP contribution >= 0.6 is 0 Å². The quantitative estimate of drug-likeness (QED) is 0.577. The summed E-state index contributed by atoms with van der Waals surface area (Å²) in [6.07, 6.45) is 5.78. The second kappa shape index (κ2) is 13.0. The average Bonchev–Trinajstić information content (AvgIpc) is 2.64. The number of nitrogens with one attached hydrogen (secondary N) is 2. The lowest BCUT2D eigenvalue weighted by atomic mass is 10.0. The van der Waals surface area contributed by atoms with E-state index in [-0.39, 0.29) is 18.4 Å². The molecule has 2 N–H and O–H groups in total. The fourth-order valence-electron chi connectivity index (χ4n) is 2.66. The van der Waals surface area contributed by atoms with Gasteiger partial charge in [-0.25, -0.2) is 4.79 Å². The summed E-state index contributed by atoms with van der Waals surface area (Å²) in [4.78, 5) is 24.9. The first-order chi connectivity index (χ1) is 13.0. The predicted octanol–water partition coefficient (Wildman–Crippen LogP) is 4.93. The van der Waals surface area contributed by atoms with E-state index >= 15 is 0 Å². The first kappa shape index (κ1) is 22.7. The highest BCUT2D eigenvalue weighted by atomic mass is 16.5. The second-order valence-corrected chi connectivity index (χ2v) is 7.15. The maximum Gasteiger partial charge on any atom is 0.408 e. The van der Waals surface area contributed by atoms with Crippen molar-refractivity contribution in [3.05, 3.63) is 47.7 Å². The van der Waals surface area contributed by atoms with Crippen LogP contribution in [-0.2, 0) is 16.1 Å². The van der Waals surface area contributed by atoms with Crippen LogP contribution < -0.4 is 10.6 Å². The number of carbonyl (C=O) groups is 2. The first-order valence-electron chi connectivity index (χ1n) is 9.93. The van der Waals surface area contributed by atoms with Gasteiger partial charge in [0, 0.05) is 5.70 Å². The van der Waals surface area contributed by atoms with Crippen LogP contribution in [0.25, 0.3) is 0 Å². The molecule has 0 aliphatic carbocycles. The van der Waals surface area contributed by atoms with E-state index in [0.717, 1.165) is 36.9 Å². The molecule has 0 fully saturated rings. The van der Waals surface area contributed by atoms with Crippen LogP contribution in [0.15, 0.2) is 42.1 Å². The van der Waals surface area contributed by atoms with Crippen molar-refractivity contribution in [2.75, 3.05) is 0 Å². The van der Waals surface area contributed by atoms with Crippen molar-refractivity contribution >= 4 is 12.0 Å². The molecule has 0 unspecified atom stereocenters. The summed E-state index contributed by atoms with van der Waals surface area (Å²) < 4.78 is 5.26. The Balaban J connectivity index is 2.66. The standard InChI is InChI=1S/C22H34N2O3/c1-5-7-14-19(11-6-2)23-21(25)20(15-17(3)4)24-22(26)27-16-18-12-9-8-10-13-18/h8-10,12-14,17,20H,5-7,11,15-16H2,1-4H3,(H,23,25)(H,24,26)/b19-14+/t20-/m0/s1. The summed E-state index contributed by atoms with van der Waals surface area (Å²) in [5, 5.41) is 5.71. The molecule has 27 heavy (non-hydrogen) atoms. The molecule has 0 saturated carbocycles. The monoisotopic (exact) mass is 374 g/mol. The Labute approximate surface area is 163 Å². The van der Waals surface area contributed by atoms with E-state index in [1.807, 2.05) is 44.2 Å². The Morgan fingerprint density at radius 1 is 1.11 bits per heavy atom. The van der Waals surface area contributed by atoms with E-state index < -0.39 is 12.1 Å². The molecule has 5 nitrogen and oxygen atoms in total. The smallest absolute Gasteiger partial charge is 0.408 e. The second-order valence-electron chi connectivity index (χ2n) is 7.15. The van der Waals surface area contributed by atoms with Crippen LogP contribution in [0.2, 0.25) is 0 Å². The third kappa shape index (κ3) is 9.83. The minimum absolute atomic E-state index is 0.181. The van der Waals surface area contributed by atoms with Crippen LogP contribution in [0.4, 0.5) is 4.79 Å². The zero-order valence-electron chi connectivity index (χ0n) is 17.1. The van der Waals surface area contributed by atoms with Gasteiger partial charge in [0.05, 0.1) is 0 Å². The van der Waals surface area contributed by atoms with Gasteiger partial charge in [-0.15, -0.1) is 0 Å². The van der Waals surface area contributed by atoms with Crippen LogP contribution in [0, 0.1) is 5.92 Å². The summed E-state index contributed by atoms with van der Waals surface area (Å²) in [6, 6.07) is 8.86. The molecule has 0 aromatic heterocycles. The minimum atomic E-state index is -0.616. The van der Waals surface area contributed by atoms with Gasteiger partial charge >= 0.3 is 6.09 Å². The molecule has 1 atom stereocenters. The summed E-state index contributed by atoms with van der Waals surface area (Å²) in [6.45, 7) is 8.42. The first-order valence-corrected chi connectivity index (χ1v) is 9.93. The molecular weight excluding hydrogens is 340 g/mol. The molecule has 1 aromatic carbocycles. The summed E-state index contributed by atoms with van der Waals surface area (Å²) in [5.41, 5.74) is 1.84. The van der Waals surface area contributed by atoms with Crippen LogP contribution in [-0.4, -0.2) is 18.0 Å². The fraction of sp³-hybridized carbons (Fsp3) is 0.545. The van der Waals surface area contributed by atoms with Crippen molar-refractivity contribution in [3.8, 4) is 0 Å². The number of benzene rings is 1. The molecule has 150 valence electrons. The maximum atomic E-state index is 12.7. The SMILES string of the molecule is CCC/C=C(\CCC)NC(=O)[C@H](CC(C)C)NC(=O)OCc1ccccc1. The lowest BCUT2D eigenvalue weighted by molar-refractivity contribution is -0.122. The third-order valence-electron chi connectivity index (χ3n) is 4.01. The molecule has 5 heteroatoms. The Bertz CT molecular complexity index is 597. The zero-order chi connectivity index (χ0) is 20.1. The van der Waals surface area contributed by atoms with Crippen LogP contribution in [0.5, 0.6) is 0 Å². The van der Waals surface area contributed by atoms with Gasteiger partial charge in [-0.2, -0.15) is 0 Å². The number of hydrogen-bond acceptors (Lipinski definition) is 3. The largest absolute Gasteiger partial charge is 0.445 e. The van der Waals surface area contributed by atoms with Crippen molar-refractivity contribution in [1.29, 1.82) is 0 Å². The van der Waals surface area contributed by atoms with Gasteiger partial charge in [-0.05, 0) is 30.7 Å². The van der Waals surface area contributed by atoms with Crippen molar-refractivity contribution in [3.63, 3.8) is 0 Å². The zero-order valence-corrected chi connectivity index (χ0v) is 17.1. The molecule has 0 heterocycles. The normalized spacial score (nSPS) is 12.6. The van der Waals surface area contributed by atoms with Gasteiger partial charge in [0.25, 0.3) is 0 Å². The van der Waals surface area contributed by atoms with E-state index in [1.54, 1.807) is 0 Å². The highest BCUT2D eigenvalue weighted by Crippen LogP contribution is 2.09. The molecule has 0 aliphatic heterocycles.